The summed E-state index contributed by atoms with van der Waals surface area (Å²) in [5, 5.41) is 3.36. The number of nitrogens with one attached hydrogen (secondary N) is 1. The van der Waals surface area contributed by atoms with Crippen LogP contribution in [0.25, 0.3) is 0 Å². The molecule has 0 amide bonds. The molecule has 0 spiro atoms. The van der Waals surface area contributed by atoms with Gasteiger partial charge in [0.25, 0.3) is 0 Å². The van der Waals surface area contributed by atoms with Gasteiger partial charge in [-0.1, -0.05) is 0 Å². The summed E-state index contributed by atoms with van der Waals surface area (Å²) in [7, 11) is 3.31. The second-order valence-corrected chi connectivity index (χ2v) is 5.22. The molecule has 0 heterocycles. The van der Waals surface area contributed by atoms with E-state index in [1.165, 1.54) is 0 Å². The van der Waals surface area contributed by atoms with Crippen molar-refractivity contribution in [2.75, 3.05) is 40.6 Å². The Balaban J connectivity index is 2.50. The minimum Gasteiger partial charge on any atom is -0.461 e. The van der Waals surface area contributed by atoms with Gasteiger partial charge in [-0.25, -0.2) is 4.79 Å². The molecule has 1 aliphatic carbocycles. The smallest absolute Gasteiger partial charge is 0.354 e. The zero-order valence-electron chi connectivity index (χ0n) is 13.7. The summed E-state index contributed by atoms with van der Waals surface area (Å²) in [5.74, 6) is -0.442. The van der Waals surface area contributed by atoms with E-state index < -0.39 is 5.97 Å². The third-order valence-corrected chi connectivity index (χ3v) is 3.41. The number of ether oxygens (including phenoxy) is 3. The summed E-state index contributed by atoms with van der Waals surface area (Å²) in [5.41, 5.74) is 8.12. The van der Waals surface area contributed by atoms with E-state index in [-0.39, 0.29) is 5.70 Å². The number of allylic oxidation sites excluding steroid dienone is 3. The summed E-state index contributed by atoms with van der Waals surface area (Å²) in [6, 6.07) is 0. The third kappa shape index (κ3) is 6.95. The van der Waals surface area contributed by atoms with E-state index in [2.05, 4.69) is 5.32 Å². The van der Waals surface area contributed by atoms with Crippen molar-refractivity contribution in [3.8, 4) is 0 Å². The summed E-state index contributed by atoms with van der Waals surface area (Å²) >= 11 is 0. The van der Waals surface area contributed by atoms with E-state index in [1.807, 2.05) is 6.08 Å². The maximum atomic E-state index is 11.9. The van der Waals surface area contributed by atoms with E-state index in [0.29, 0.717) is 19.6 Å². The number of carbonyl (C=O) groups excluding carboxylic acids is 1. The van der Waals surface area contributed by atoms with E-state index in [1.54, 1.807) is 14.2 Å². The van der Waals surface area contributed by atoms with Gasteiger partial charge in [-0.3, -0.25) is 0 Å². The molecule has 0 aromatic rings. The zero-order chi connectivity index (χ0) is 16.2. The Morgan fingerprint density at radius 3 is 2.64 bits per heavy atom. The van der Waals surface area contributed by atoms with Crippen molar-refractivity contribution in [2.45, 2.75) is 32.1 Å². The normalized spacial score (nSPS) is 16.9. The highest BCUT2D eigenvalue weighted by atomic mass is 16.5. The summed E-state index contributed by atoms with van der Waals surface area (Å²) in [4.78, 5) is 11.9. The molecule has 0 fully saturated rings. The van der Waals surface area contributed by atoms with Crippen molar-refractivity contribution in [3.63, 3.8) is 0 Å². The molecule has 22 heavy (non-hydrogen) atoms. The van der Waals surface area contributed by atoms with Gasteiger partial charge in [0.05, 0.1) is 6.61 Å². The van der Waals surface area contributed by atoms with Crippen LogP contribution >= 0.6 is 0 Å². The molecule has 1 rings (SSSR count). The van der Waals surface area contributed by atoms with Crippen molar-refractivity contribution in [2.24, 2.45) is 5.73 Å². The first-order chi connectivity index (χ1) is 10.7. The van der Waals surface area contributed by atoms with Crippen molar-refractivity contribution in [3.05, 3.63) is 23.0 Å². The first kappa shape index (κ1) is 18.5. The van der Waals surface area contributed by atoms with E-state index >= 15 is 0 Å². The second-order valence-electron chi connectivity index (χ2n) is 5.22. The van der Waals surface area contributed by atoms with Gasteiger partial charge in [0, 0.05) is 46.1 Å². The second kappa shape index (κ2) is 11.1. The van der Waals surface area contributed by atoms with Crippen LogP contribution in [0.5, 0.6) is 0 Å². The summed E-state index contributed by atoms with van der Waals surface area (Å²) in [6.07, 6.45) is 6.37. The topological polar surface area (TPSA) is 82.8 Å². The van der Waals surface area contributed by atoms with E-state index in [9.17, 15) is 4.79 Å². The average Bonchev–Trinajstić information content (AvgIpc) is 2.55. The summed E-state index contributed by atoms with van der Waals surface area (Å²) < 4.78 is 15.1. The Labute approximate surface area is 132 Å². The molecule has 3 N–H and O–H groups in total. The van der Waals surface area contributed by atoms with Crippen molar-refractivity contribution >= 4 is 5.97 Å². The molecular weight excluding hydrogens is 284 g/mol. The largest absolute Gasteiger partial charge is 0.461 e. The number of carbonyl (C=O) groups is 1. The molecule has 0 aliphatic heterocycles. The molecule has 0 unspecified atom stereocenters. The van der Waals surface area contributed by atoms with Crippen LogP contribution < -0.4 is 11.1 Å². The van der Waals surface area contributed by atoms with Crippen molar-refractivity contribution in [1.82, 2.24) is 5.32 Å². The Morgan fingerprint density at radius 2 is 1.91 bits per heavy atom. The molecule has 6 heteroatoms. The Hall–Kier alpha value is -1.53. The minimum atomic E-state index is -0.442. The van der Waals surface area contributed by atoms with Crippen LogP contribution in [0.4, 0.5) is 0 Å². The predicted molar refractivity (Wildman–Crippen MR) is 85.1 cm³/mol. The van der Waals surface area contributed by atoms with Crippen LogP contribution in [0.15, 0.2) is 23.0 Å². The molecule has 0 radical (unpaired) electrons. The van der Waals surface area contributed by atoms with Gasteiger partial charge in [0.15, 0.2) is 0 Å². The SMILES string of the molecule is COCCCNC1=C/C(=C(/N)C(=O)OCCCOC)CCC1. The lowest BCUT2D eigenvalue weighted by Crippen LogP contribution is -2.22. The number of hydrogen-bond donors (Lipinski definition) is 2. The Bertz CT molecular complexity index is 405. The minimum absolute atomic E-state index is 0.216. The molecule has 0 saturated carbocycles. The fourth-order valence-corrected chi connectivity index (χ4v) is 2.22. The van der Waals surface area contributed by atoms with Crippen LogP contribution in [-0.2, 0) is 19.0 Å². The molecule has 0 atom stereocenters. The van der Waals surface area contributed by atoms with Gasteiger partial charge in [-0.15, -0.1) is 0 Å². The maximum Gasteiger partial charge on any atom is 0.354 e. The highest BCUT2D eigenvalue weighted by Gasteiger charge is 2.16. The number of methoxy groups -OCH3 is 2. The average molecular weight is 312 g/mol. The van der Waals surface area contributed by atoms with Gasteiger partial charge >= 0.3 is 5.97 Å². The predicted octanol–water partition coefficient (Wildman–Crippen LogP) is 1.47. The van der Waals surface area contributed by atoms with Gasteiger partial charge in [-0.05, 0) is 37.3 Å². The van der Waals surface area contributed by atoms with E-state index in [4.69, 9.17) is 19.9 Å². The highest BCUT2D eigenvalue weighted by Crippen LogP contribution is 2.22. The standard InChI is InChI=1S/C16H28N2O4/c1-20-9-4-8-18-14-7-3-6-13(12-14)15(17)16(19)22-11-5-10-21-2/h12,18H,3-11,17H2,1-2H3/b15-13+. The Kier molecular flexibility index (Phi) is 9.34. The van der Waals surface area contributed by atoms with Crippen LogP contribution in [0.1, 0.15) is 32.1 Å². The molecule has 1 aliphatic rings. The quantitative estimate of drug-likeness (QED) is 0.361. The lowest BCUT2D eigenvalue weighted by molar-refractivity contribution is -0.139. The molecule has 0 saturated heterocycles. The Morgan fingerprint density at radius 1 is 1.18 bits per heavy atom. The molecule has 0 bridgehead atoms. The summed E-state index contributed by atoms with van der Waals surface area (Å²) in [6.45, 7) is 2.49. The fourth-order valence-electron chi connectivity index (χ4n) is 2.22. The third-order valence-electron chi connectivity index (χ3n) is 3.41. The maximum absolute atomic E-state index is 11.9. The fraction of sp³-hybridized carbons (Fsp3) is 0.688. The van der Waals surface area contributed by atoms with Gasteiger partial charge in [0.2, 0.25) is 0 Å². The van der Waals surface area contributed by atoms with Gasteiger partial charge in [0.1, 0.15) is 5.70 Å². The zero-order valence-corrected chi connectivity index (χ0v) is 13.7. The molecule has 0 aromatic heterocycles. The van der Waals surface area contributed by atoms with Crippen LogP contribution in [0.3, 0.4) is 0 Å². The van der Waals surface area contributed by atoms with Crippen molar-refractivity contribution < 1.29 is 19.0 Å². The lowest BCUT2D eigenvalue weighted by atomic mass is 9.97. The van der Waals surface area contributed by atoms with Crippen LogP contribution in [0, 0.1) is 0 Å². The van der Waals surface area contributed by atoms with Crippen LogP contribution in [0.2, 0.25) is 0 Å². The molecule has 126 valence electrons. The van der Waals surface area contributed by atoms with E-state index in [0.717, 1.165) is 50.1 Å². The van der Waals surface area contributed by atoms with Crippen LogP contribution in [-0.4, -0.2) is 46.6 Å². The molecule has 6 nitrogen and oxygen atoms in total. The van der Waals surface area contributed by atoms with Gasteiger partial charge < -0.3 is 25.3 Å². The first-order valence-electron chi connectivity index (χ1n) is 7.77. The first-order valence-corrected chi connectivity index (χ1v) is 7.77. The number of nitrogens with two attached hydrogens (primary N) is 1. The number of hydrogen-bond acceptors (Lipinski definition) is 6. The monoisotopic (exact) mass is 312 g/mol. The lowest BCUT2D eigenvalue weighted by Gasteiger charge is -2.18. The molecular formula is C16H28N2O4. The number of rotatable bonds is 10. The van der Waals surface area contributed by atoms with Crippen molar-refractivity contribution in [1.29, 1.82) is 0 Å². The van der Waals surface area contributed by atoms with Gasteiger partial charge in [-0.2, -0.15) is 0 Å². The highest BCUT2D eigenvalue weighted by molar-refractivity contribution is 5.88. The number of esters is 1. The molecule has 0 aromatic carbocycles.